The van der Waals surface area contributed by atoms with Gasteiger partial charge in [0.25, 0.3) is 0 Å². The van der Waals surface area contributed by atoms with Crippen LogP contribution in [0.5, 0.6) is 5.75 Å². The van der Waals surface area contributed by atoms with Crippen molar-refractivity contribution in [2.75, 3.05) is 23.7 Å². The van der Waals surface area contributed by atoms with E-state index in [0.29, 0.717) is 36.0 Å². The zero-order valence-electron chi connectivity index (χ0n) is 16.2. The van der Waals surface area contributed by atoms with Gasteiger partial charge in [-0.2, -0.15) is 0 Å². The van der Waals surface area contributed by atoms with E-state index in [1.54, 1.807) is 43.3 Å². The van der Waals surface area contributed by atoms with Crippen LogP contribution in [0.1, 0.15) is 19.4 Å². The van der Waals surface area contributed by atoms with Gasteiger partial charge in [-0.1, -0.05) is 23.7 Å². The summed E-state index contributed by atoms with van der Waals surface area (Å²) in [5.74, 6) is 0.271. The minimum Gasteiger partial charge on any atom is -0.494 e. The van der Waals surface area contributed by atoms with Crippen LogP contribution in [-0.2, 0) is 21.2 Å². The zero-order chi connectivity index (χ0) is 20.7. The maximum atomic E-state index is 12.6. The Morgan fingerprint density at radius 3 is 2.29 bits per heavy atom. The van der Waals surface area contributed by atoms with Gasteiger partial charge in [-0.05, 0) is 62.2 Å². The van der Waals surface area contributed by atoms with Crippen LogP contribution >= 0.6 is 11.6 Å². The van der Waals surface area contributed by atoms with Crippen molar-refractivity contribution in [2.45, 2.75) is 26.3 Å². The lowest BCUT2D eigenvalue weighted by molar-refractivity contribution is -0.121. The Kier molecular flexibility index (Phi) is 7.71. The van der Waals surface area contributed by atoms with Crippen LogP contribution in [0, 0.1) is 0 Å². The Morgan fingerprint density at radius 1 is 1.14 bits per heavy atom. The highest BCUT2D eigenvalue weighted by Crippen LogP contribution is 2.24. The van der Waals surface area contributed by atoms with Crippen molar-refractivity contribution < 1.29 is 17.9 Å². The number of anilines is 1. The molecular weight excluding hydrogens is 400 g/mol. The maximum absolute atomic E-state index is 12.6. The first-order chi connectivity index (χ1) is 13.2. The topological polar surface area (TPSA) is 75.7 Å². The lowest BCUT2D eigenvalue weighted by Gasteiger charge is -2.28. The Hall–Kier alpha value is -2.25. The van der Waals surface area contributed by atoms with Gasteiger partial charge in [0.1, 0.15) is 11.8 Å². The predicted octanol–water partition coefficient (Wildman–Crippen LogP) is 3.25. The van der Waals surface area contributed by atoms with Crippen molar-refractivity contribution in [3.63, 3.8) is 0 Å². The first-order valence-corrected chi connectivity index (χ1v) is 11.2. The van der Waals surface area contributed by atoms with Crippen molar-refractivity contribution in [3.05, 3.63) is 59.1 Å². The number of ether oxygens (including phenoxy) is 1. The minimum atomic E-state index is -3.65. The zero-order valence-corrected chi connectivity index (χ0v) is 17.8. The Bertz CT molecular complexity index is 883. The van der Waals surface area contributed by atoms with Gasteiger partial charge in [0.15, 0.2) is 0 Å². The smallest absolute Gasteiger partial charge is 0.243 e. The van der Waals surface area contributed by atoms with E-state index < -0.39 is 16.1 Å². The molecule has 2 rings (SSSR count). The quantitative estimate of drug-likeness (QED) is 0.670. The van der Waals surface area contributed by atoms with E-state index in [-0.39, 0.29) is 5.91 Å². The lowest BCUT2D eigenvalue weighted by Crippen LogP contribution is -2.48. The molecule has 6 nitrogen and oxygen atoms in total. The third kappa shape index (κ3) is 6.14. The van der Waals surface area contributed by atoms with E-state index in [2.05, 4.69) is 5.32 Å². The van der Waals surface area contributed by atoms with Crippen molar-refractivity contribution in [3.8, 4) is 5.75 Å². The highest BCUT2D eigenvalue weighted by Gasteiger charge is 2.28. The Balaban J connectivity index is 2.06. The number of nitrogens with zero attached hydrogens (tertiary/aromatic N) is 1. The van der Waals surface area contributed by atoms with Gasteiger partial charge in [0.2, 0.25) is 15.9 Å². The summed E-state index contributed by atoms with van der Waals surface area (Å²) in [6.07, 6.45) is 1.71. The molecule has 152 valence electrons. The van der Waals surface area contributed by atoms with Gasteiger partial charge >= 0.3 is 0 Å². The summed E-state index contributed by atoms with van der Waals surface area (Å²) in [6.45, 7) is 4.34. The Labute approximate surface area is 171 Å². The highest BCUT2D eigenvalue weighted by molar-refractivity contribution is 7.92. The lowest BCUT2D eigenvalue weighted by atomic mass is 10.1. The molecule has 0 spiro atoms. The molecule has 8 heteroatoms. The van der Waals surface area contributed by atoms with E-state index in [1.807, 2.05) is 19.1 Å². The molecule has 0 aliphatic rings. The molecule has 2 aromatic carbocycles. The van der Waals surface area contributed by atoms with Gasteiger partial charge in [-0.15, -0.1) is 0 Å². The fourth-order valence-electron chi connectivity index (χ4n) is 2.79. The van der Waals surface area contributed by atoms with E-state index >= 15 is 0 Å². The average Bonchev–Trinajstić information content (AvgIpc) is 2.64. The molecule has 2 aromatic rings. The van der Waals surface area contributed by atoms with E-state index in [1.165, 1.54) is 0 Å². The normalized spacial score (nSPS) is 12.3. The predicted molar refractivity (Wildman–Crippen MR) is 113 cm³/mol. The third-order valence-corrected chi connectivity index (χ3v) is 5.61. The molecular formula is C20H25ClN2O4S. The number of carbonyl (C=O) groups excluding carboxylic acids is 1. The summed E-state index contributed by atoms with van der Waals surface area (Å²) in [7, 11) is -3.65. The maximum Gasteiger partial charge on any atom is 0.243 e. The van der Waals surface area contributed by atoms with Gasteiger partial charge in [0, 0.05) is 11.6 Å². The molecule has 0 heterocycles. The molecule has 0 radical (unpaired) electrons. The van der Waals surface area contributed by atoms with Gasteiger partial charge in [-0.3, -0.25) is 9.10 Å². The summed E-state index contributed by atoms with van der Waals surface area (Å²) in [5, 5.41) is 3.45. The monoisotopic (exact) mass is 424 g/mol. The van der Waals surface area contributed by atoms with Crippen LogP contribution in [0.2, 0.25) is 5.02 Å². The first-order valence-electron chi connectivity index (χ1n) is 8.96. The van der Waals surface area contributed by atoms with E-state index in [0.717, 1.165) is 16.1 Å². The number of hydrogen-bond acceptors (Lipinski definition) is 4. The summed E-state index contributed by atoms with van der Waals surface area (Å²) < 4.78 is 31.1. The van der Waals surface area contributed by atoms with Gasteiger partial charge < -0.3 is 10.1 Å². The van der Waals surface area contributed by atoms with E-state index in [4.69, 9.17) is 16.3 Å². The number of rotatable bonds is 9. The second-order valence-electron chi connectivity index (χ2n) is 6.33. The van der Waals surface area contributed by atoms with Crippen LogP contribution in [0.4, 0.5) is 5.69 Å². The molecule has 0 saturated carbocycles. The van der Waals surface area contributed by atoms with Crippen LogP contribution in [0.25, 0.3) is 0 Å². The molecule has 0 fully saturated rings. The average molecular weight is 425 g/mol. The standard InChI is InChI=1S/C20H25ClN2O4S/c1-4-27-19-11-9-18(10-12-19)23(28(3,25)26)15(2)20(24)22-14-13-16-5-7-17(21)8-6-16/h5-12,15H,4,13-14H2,1-3H3,(H,22,24). The second kappa shape index (κ2) is 9.80. The molecule has 0 aliphatic heterocycles. The summed E-state index contributed by atoms with van der Waals surface area (Å²) >= 11 is 5.86. The number of benzene rings is 2. The number of amides is 1. The van der Waals surface area contributed by atoms with Crippen molar-refractivity contribution >= 4 is 33.2 Å². The molecule has 1 N–H and O–H groups in total. The number of nitrogens with one attached hydrogen (secondary N) is 1. The van der Waals surface area contributed by atoms with Crippen LogP contribution in [0.15, 0.2) is 48.5 Å². The molecule has 0 aromatic heterocycles. The van der Waals surface area contributed by atoms with Crippen molar-refractivity contribution in [1.82, 2.24) is 5.32 Å². The summed E-state index contributed by atoms with van der Waals surface area (Å²) in [4.78, 5) is 12.6. The van der Waals surface area contributed by atoms with E-state index in [9.17, 15) is 13.2 Å². The highest BCUT2D eigenvalue weighted by atomic mass is 35.5. The van der Waals surface area contributed by atoms with Crippen LogP contribution < -0.4 is 14.4 Å². The van der Waals surface area contributed by atoms with Crippen LogP contribution in [-0.4, -0.2) is 39.8 Å². The fraction of sp³-hybridized carbons (Fsp3) is 0.350. The number of halogens is 1. The number of sulfonamides is 1. The molecule has 0 bridgehead atoms. The minimum absolute atomic E-state index is 0.367. The summed E-state index contributed by atoms with van der Waals surface area (Å²) in [6, 6.07) is 13.1. The molecule has 28 heavy (non-hydrogen) atoms. The largest absolute Gasteiger partial charge is 0.494 e. The molecule has 0 saturated heterocycles. The first kappa shape index (κ1) is 22.0. The number of carbonyl (C=O) groups is 1. The number of hydrogen-bond donors (Lipinski definition) is 1. The summed E-state index contributed by atoms with van der Waals surface area (Å²) in [5.41, 5.74) is 1.44. The van der Waals surface area contributed by atoms with Crippen molar-refractivity contribution in [2.24, 2.45) is 0 Å². The Morgan fingerprint density at radius 2 is 1.75 bits per heavy atom. The molecule has 1 atom stereocenters. The second-order valence-corrected chi connectivity index (χ2v) is 8.63. The molecule has 1 amide bonds. The third-order valence-electron chi connectivity index (χ3n) is 4.12. The SMILES string of the molecule is CCOc1ccc(N(C(C)C(=O)NCCc2ccc(Cl)cc2)S(C)(=O)=O)cc1. The molecule has 0 aliphatic carbocycles. The fourth-order valence-corrected chi connectivity index (χ4v) is 4.09. The van der Waals surface area contributed by atoms with Crippen LogP contribution in [0.3, 0.4) is 0 Å². The van der Waals surface area contributed by atoms with Gasteiger partial charge in [0.05, 0.1) is 18.6 Å². The van der Waals surface area contributed by atoms with Gasteiger partial charge in [-0.25, -0.2) is 8.42 Å². The molecule has 1 unspecified atom stereocenters. The van der Waals surface area contributed by atoms with Crippen molar-refractivity contribution in [1.29, 1.82) is 0 Å².